The Bertz CT molecular complexity index is 493. The third kappa shape index (κ3) is 2.57. The number of ether oxygens (including phenoxy) is 1. The second kappa shape index (κ2) is 5.16. The number of benzene rings is 1. The van der Waals surface area contributed by atoms with Gasteiger partial charge in [-0.1, -0.05) is 11.3 Å². The van der Waals surface area contributed by atoms with Gasteiger partial charge in [-0.2, -0.15) is 0 Å². The molecule has 4 nitrogen and oxygen atoms in total. The molecule has 5 heteroatoms. The molecule has 1 aromatic carbocycles. The molecule has 1 aromatic heterocycles. The molecule has 0 saturated carbocycles. The lowest BCUT2D eigenvalue weighted by molar-refractivity contribution is 0.340. The van der Waals surface area contributed by atoms with Crippen LogP contribution >= 0.6 is 11.3 Å². The second-order valence-electron chi connectivity index (χ2n) is 3.54. The SMILES string of the molecule is CCOc1ccc(-c2sc(NN)nc2C)cc1. The van der Waals surface area contributed by atoms with Crippen LogP contribution < -0.4 is 16.0 Å². The van der Waals surface area contributed by atoms with Crippen LogP contribution in [0.1, 0.15) is 12.6 Å². The summed E-state index contributed by atoms with van der Waals surface area (Å²) in [5.41, 5.74) is 4.68. The molecular weight excluding hydrogens is 234 g/mol. The van der Waals surface area contributed by atoms with Crippen molar-refractivity contribution < 1.29 is 4.74 Å². The van der Waals surface area contributed by atoms with E-state index in [-0.39, 0.29) is 0 Å². The average Bonchev–Trinajstić information content (AvgIpc) is 2.72. The van der Waals surface area contributed by atoms with Crippen LogP contribution in [-0.4, -0.2) is 11.6 Å². The molecule has 0 aliphatic rings. The molecule has 0 fully saturated rings. The summed E-state index contributed by atoms with van der Waals surface area (Å²) in [6, 6.07) is 8.00. The van der Waals surface area contributed by atoms with E-state index in [0.29, 0.717) is 6.61 Å². The second-order valence-corrected chi connectivity index (χ2v) is 4.53. The Morgan fingerprint density at radius 3 is 2.59 bits per heavy atom. The van der Waals surface area contributed by atoms with E-state index in [4.69, 9.17) is 10.6 Å². The van der Waals surface area contributed by atoms with Crippen LogP contribution in [0, 0.1) is 6.92 Å². The van der Waals surface area contributed by atoms with Crippen molar-refractivity contribution in [3.8, 4) is 16.2 Å². The van der Waals surface area contributed by atoms with E-state index in [1.54, 1.807) is 11.3 Å². The largest absolute Gasteiger partial charge is 0.494 e. The summed E-state index contributed by atoms with van der Waals surface area (Å²) in [7, 11) is 0. The van der Waals surface area contributed by atoms with Crippen LogP contribution in [0.3, 0.4) is 0 Å². The number of rotatable bonds is 4. The molecule has 0 amide bonds. The lowest BCUT2D eigenvalue weighted by Crippen LogP contribution is -2.05. The van der Waals surface area contributed by atoms with E-state index in [0.717, 1.165) is 27.0 Å². The highest BCUT2D eigenvalue weighted by molar-refractivity contribution is 7.19. The fourth-order valence-electron chi connectivity index (χ4n) is 1.60. The molecule has 3 N–H and O–H groups in total. The highest BCUT2D eigenvalue weighted by Crippen LogP contribution is 2.33. The summed E-state index contributed by atoms with van der Waals surface area (Å²) >= 11 is 1.54. The van der Waals surface area contributed by atoms with Crippen LogP contribution in [0.15, 0.2) is 24.3 Å². The summed E-state index contributed by atoms with van der Waals surface area (Å²) < 4.78 is 5.41. The van der Waals surface area contributed by atoms with Crippen molar-refractivity contribution in [1.29, 1.82) is 0 Å². The topological polar surface area (TPSA) is 60.2 Å². The first-order chi connectivity index (χ1) is 8.24. The number of nitrogen functional groups attached to an aromatic ring is 1. The molecule has 2 aromatic rings. The molecule has 0 spiro atoms. The predicted octanol–water partition coefficient (Wildman–Crippen LogP) is 2.80. The van der Waals surface area contributed by atoms with Crippen molar-refractivity contribution in [1.82, 2.24) is 4.98 Å². The van der Waals surface area contributed by atoms with Gasteiger partial charge in [0.25, 0.3) is 0 Å². The van der Waals surface area contributed by atoms with Crippen molar-refractivity contribution in [2.45, 2.75) is 13.8 Å². The van der Waals surface area contributed by atoms with Gasteiger partial charge in [-0.3, -0.25) is 5.43 Å². The zero-order valence-electron chi connectivity index (χ0n) is 9.86. The summed E-state index contributed by atoms with van der Waals surface area (Å²) in [6.45, 7) is 4.63. The van der Waals surface area contributed by atoms with Gasteiger partial charge in [0, 0.05) is 0 Å². The third-order valence-electron chi connectivity index (χ3n) is 2.35. The first-order valence-electron chi connectivity index (χ1n) is 5.42. The molecule has 0 aliphatic carbocycles. The van der Waals surface area contributed by atoms with Gasteiger partial charge in [0.15, 0.2) is 5.13 Å². The predicted molar refractivity (Wildman–Crippen MR) is 71.3 cm³/mol. The number of hydrogen-bond donors (Lipinski definition) is 2. The van der Waals surface area contributed by atoms with Gasteiger partial charge in [0.2, 0.25) is 0 Å². The maximum absolute atomic E-state index is 5.41. The van der Waals surface area contributed by atoms with Crippen LogP contribution in [0.5, 0.6) is 5.75 Å². The van der Waals surface area contributed by atoms with Gasteiger partial charge in [0.05, 0.1) is 17.2 Å². The van der Waals surface area contributed by atoms with Gasteiger partial charge in [-0.25, -0.2) is 10.8 Å². The maximum atomic E-state index is 5.41. The quantitative estimate of drug-likeness (QED) is 0.646. The Morgan fingerprint density at radius 1 is 1.35 bits per heavy atom. The molecule has 0 radical (unpaired) electrons. The number of nitrogens with zero attached hydrogens (tertiary/aromatic N) is 1. The van der Waals surface area contributed by atoms with E-state index >= 15 is 0 Å². The molecular formula is C12H15N3OS. The first kappa shape index (κ1) is 11.9. The van der Waals surface area contributed by atoms with E-state index in [1.165, 1.54) is 0 Å². The lowest BCUT2D eigenvalue weighted by Gasteiger charge is -2.03. The fourth-order valence-corrected chi connectivity index (χ4v) is 2.48. The number of aromatic nitrogens is 1. The minimum atomic E-state index is 0.681. The monoisotopic (exact) mass is 249 g/mol. The normalized spacial score (nSPS) is 10.3. The minimum Gasteiger partial charge on any atom is -0.494 e. The summed E-state index contributed by atoms with van der Waals surface area (Å²) in [5.74, 6) is 6.24. The Balaban J connectivity index is 2.29. The van der Waals surface area contributed by atoms with Crippen molar-refractivity contribution in [2.75, 3.05) is 12.0 Å². The number of nitrogens with two attached hydrogens (primary N) is 1. The lowest BCUT2D eigenvalue weighted by atomic mass is 10.1. The van der Waals surface area contributed by atoms with Crippen molar-refractivity contribution in [2.24, 2.45) is 5.84 Å². The van der Waals surface area contributed by atoms with Crippen LogP contribution in [0.2, 0.25) is 0 Å². The molecule has 90 valence electrons. The molecule has 0 bridgehead atoms. The first-order valence-corrected chi connectivity index (χ1v) is 6.23. The molecule has 2 rings (SSSR count). The molecule has 1 heterocycles. The molecule has 17 heavy (non-hydrogen) atoms. The van der Waals surface area contributed by atoms with Crippen LogP contribution in [-0.2, 0) is 0 Å². The van der Waals surface area contributed by atoms with Crippen molar-refractivity contribution in [3.05, 3.63) is 30.0 Å². The number of anilines is 1. The Hall–Kier alpha value is -1.59. The third-order valence-corrected chi connectivity index (χ3v) is 3.49. The zero-order chi connectivity index (χ0) is 12.3. The molecule has 0 aliphatic heterocycles. The van der Waals surface area contributed by atoms with Crippen molar-refractivity contribution in [3.63, 3.8) is 0 Å². The molecule has 0 saturated heterocycles. The van der Waals surface area contributed by atoms with E-state index in [1.807, 2.05) is 38.1 Å². The number of hydrazine groups is 1. The van der Waals surface area contributed by atoms with Gasteiger partial charge in [0.1, 0.15) is 5.75 Å². The van der Waals surface area contributed by atoms with E-state index in [2.05, 4.69) is 10.4 Å². The van der Waals surface area contributed by atoms with Gasteiger partial charge < -0.3 is 4.74 Å². The summed E-state index contributed by atoms with van der Waals surface area (Å²) in [4.78, 5) is 5.44. The van der Waals surface area contributed by atoms with Crippen LogP contribution in [0.25, 0.3) is 10.4 Å². The van der Waals surface area contributed by atoms with Crippen molar-refractivity contribution >= 4 is 16.5 Å². The average molecular weight is 249 g/mol. The van der Waals surface area contributed by atoms with E-state index < -0.39 is 0 Å². The summed E-state index contributed by atoms with van der Waals surface area (Å²) in [5, 5.41) is 0.728. The van der Waals surface area contributed by atoms with Gasteiger partial charge in [-0.15, -0.1) is 0 Å². The smallest absolute Gasteiger partial charge is 0.197 e. The summed E-state index contributed by atoms with van der Waals surface area (Å²) in [6.07, 6.45) is 0. The molecule has 0 atom stereocenters. The standard InChI is InChI=1S/C12H15N3OS/c1-3-16-10-6-4-9(5-7-10)11-8(2)14-12(15-13)17-11/h4-7H,3,13H2,1-2H3,(H,14,15). The number of aryl methyl sites for hydroxylation is 1. The molecule has 0 unspecified atom stereocenters. The number of thiazole rings is 1. The highest BCUT2D eigenvalue weighted by Gasteiger charge is 2.08. The maximum Gasteiger partial charge on any atom is 0.197 e. The Labute approximate surface area is 104 Å². The van der Waals surface area contributed by atoms with Gasteiger partial charge in [-0.05, 0) is 43.7 Å². The Morgan fingerprint density at radius 2 is 2.06 bits per heavy atom. The van der Waals surface area contributed by atoms with Gasteiger partial charge >= 0.3 is 0 Å². The number of hydrogen-bond acceptors (Lipinski definition) is 5. The minimum absolute atomic E-state index is 0.681. The number of nitrogens with one attached hydrogen (secondary N) is 1. The highest BCUT2D eigenvalue weighted by atomic mass is 32.1. The fraction of sp³-hybridized carbons (Fsp3) is 0.250. The van der Waals surface area contributed by atoms with Crippen LogP contribution in [0.4, 0.5) is 5.13 Å². The zero-order valence-corrected chi connectivity index (χ0v) is 10.7. The van der Waals surface area contributed by atoms with E-state index in [9.17, 15) is 0 Å². The Kier molecular flexibility index (Phi) is 3.61.